The minimum Gasteiger partial charge on any atom is -0.325 e. The second kappa shape index (κ2) is 6.20. The standard InChI is InChI=1S/C16H18N4S/c1-12-4-6-13(7-5-12)11-20-16(15(10-17)18-19-20)9-14-3-2-8-21-14/h2-8H,9-11,17H2,1H3. The van der Waals surface area contributed by atoms with Crippen LogP contribution in [-0.2, 0) is 19.5 Å². The van der Waals surface area contributed by atoms with Gasteiger partial charge in [-0.1, -0.05) is 41.1 Å². The van der Waals surface area contributed by atoms with Gasteiger partial charge in [0, 0.05) is 17.8 Å². The van der Waals surface area contributed by atoms with Crippen LogP contribution in [0.2, 0.25) is 0 Å². The van der Waals surface area contributed by atoms with Crippen molar-refractivity contribution in [1.29, 1.82) is 0 Å². The first kappa shape index (κ1) is 14.0. The lowest BCUT2D eigenvalue weighted by atomic mass is 10.1. The molecule has 0 radical (unpaired) electrons. The summed E-state index contributed by atoms with van der Waals surface area (Å²) >= 11 is 1.75. The van der Waals surface area contributed by atoms with Crippen molar-refractivity contribution in [2.45, 2.75) is 26.4 Å². The highest BCUT2D eigenvalue weighted by Crippen LogP contribution is 2.17. The predicted molar refractivity (Wildman–Crippen MR) is 85.3 cm³/mol. The summed E-state index contributed by atoms with van der Waals surface area (Å²) in [6, 6.07) is 12.7. The molecular weight excluding hydrogens is 280 g/mol. The fraction of sp³-hybridized carbons (Fsp3) is 0.250. The Morgan fingerprint density at radius 1 is 1.19 bits per heavy atom. The van der Waals surface area contributed by atoms with Gasteiger partial charge in [0.1, 0.15) is 0 Å². The van der Waals surface area contributed by atoms with Crippen LogP contribution in [0.4, 0.5) is 0 Å². The molecule has 21 heavy (non-hydrogen) atoms. The number of thiophene rings is 1. The van der Waals surface area contributed by atoms with E-state index >= 15 is 0 Å². The van der Waals surface area contributed by atoms with Gasteiger partial charge >= 0.3 is 0 Å². The van der Waals surface area contributed by atoms with Gasteiger partial charge in [-0.3, -0.25) is 0 Å². The number of nitrogens with two attached hydrogens (primary N) is 1. The summed E-state index contributed by atoms with van der Waals surface area (Å²) in [5.74, 6) is 0. The van der Waals surface area contributed by atoms with E-state index in [1.54, 1.807) is 11.3 Å². The molecular formula is C16H18N4S. The summed E-state index contributed by atoms with van der Waals surface area (Å²) in [6.45, 7) is 3.25. The zero-order chi connectivity index (χ0) is 14.7. The van der Waals surface area contributed by atoms with E-state index in [1.165, 1.54) is 16.0 Å². The SMILES string of the molecule is Cc1ccc(Cn2nnc(CN)c2Cc2cccs2)cc1. The Balaban J connectivity index is 1.87. The molecule has 4 nitrogen and oxygen atoms in total. The van der Waals surface area contributed by atoms with Crippen molar-refractivity contribution in [2.24, 2.45) is 5.73 Å². The van der Waals surface area contributed by atoms with Crippen LogP contribution >= 0.6 is 11.3 Å². The molecule has 108 valence electrons. The lowest BCUT2D eigenvalue weighted by Gasteiger charge is -2.07. The van der Waals surface area contributed by atoms with Gasteiger partial charge in [0.2, 0.25) is 0 Å². The number of hydrogen-bond acceptors (Lipinski definition) is 4. The Labute approximate surface area is 128 Å². The van der Waals surface area contributed by atoms with Gasteiger partial charge in [0.15, 0.2) is 0 Å². The van der Waals surface area contributed by atoms with Crippen LogP contribution in [0.15, 0.2) is 41.8 Å². The molecule has 3 aromatic rings. The summed E-state index contributed by atoms with van der Waals surface area (Å²) < 4.78 is 1.96. The van der Waals surface area contributed by atoms with E-state index in [1.807, 2.05) is 4.68 Å². The Bertz CT molecular complexity index is 698. The average molecular weight is 298 g/mol. The summed E-state index contributed by atoms with van der Waals surface area (Å²) in [5, 5.41) is 10.6. The molecule has 0 aliphatic rings. The molecule has 0 saturated carbocycles. The number of aryl methyl sites for hydroxylation is 1. The van der Waals surface area contributed by atoms with Crippen molar-refractivity contribution in [2.75, 3.05) is 0 Å². The van der Waals surface area contributed by atoms with Gasteiger partial charge in [-0.25, -0.2) is 4.68 Å². The molecule has 0 aliphatic heterocycles. The van der Waals surface area contributed by atoms with Crippen molar-refractivity contribution >= 4 is 11.3 Å². The minimum absolute atomic E-state index is 0.425. The first-order valence-electron chi connectivity index (χ1n) is 6.95. The Hall–Kier alpha value is -1.98. The first-order valence-corrected chi connectivity index (χ1v) is 7.83. The minimum atomic E-state index is 0.425. The third-order valence-electron chi connectivity index (χ3n) is 3.49. The summed E-state index contributed by atoms with van der Waals surface area (Å²) in [4.78, 5) is 1.30. The molecule has 0 bridgehead atoms. The van der Waals surface area contributed by atoms with E-state index in [2.05, 4.69) is 59.0 Å². The van der Waals surface area contributed by atoms with Crippen molar-refractivity contribution in [3.63, 3.8) is 0 Å². The van der Waals surface area contributed by atoms with Gasteiger partial charge in [-0.05, 0) is 23.9 Å². The second-order valence-corrected chi connectivity index (χ2v) is 6.12. The van der Waals surface area contributed by atoms with Gasteiger partial charge in [0.25, 0.3) is 0 Å². The molecule has 0 atom stereocenters. The number of benzene rings is 1. The fourth-order valence-electron chi connectivity index (χ4n) is 2.29. The smallest absolute Gasteiger partial charge is 0.0998 e. The highest BCUT2D eigenvalue weighted by atomic mass is 32.1. The normalized spacial score (nSPS) is 11.0. The van der Waals surface area contributed by atoms with Gasteiger partial charge < -0.3 is 5.73 Å². The average Bonchev–Trinajstić information content (AvgIpc) is 3.13. The largest absolute Gasteiger partial charge is 0.325 e. The summed E-state index contributed by atoms with van der Waals surface area (Å²) in [5.41, 5.74) is 10.3. The molecule has 5 heteroatoms. The Kier molecular flexibility index (Phi) is 4.13. The van der Waals surface area contributed by atoms with E-state index < -0.39 is 0 Å². The van der Waals surface area contributed by atoms with Crippen LogP contribution in [0, 0.1) is 6.92 Å². The Morgan fingerprint density at radius 3 is 2.67 bits per heavy atom. The number of nitrogens with zero attached hydrogens (tertiary/aromatic N) is 3. The number of hydrogen-bond donors (Lipinski definition) is 1. The van der Waals surface area contributed by atoms with E-state index in [0.29, 0.717) is 6.54 Å². The zero-order valence-corrected chi connectivity index (χ0v) is 12.8. The Morgan fingerprint density at radius 2 is 2.00 bits per heavy atom. The third kappa shape index (κ3) is 3.20. The summed E-state index contributed by atoms with van der Waals surface area (Å²) in [7, 11) is 0. The second-order valence-electron chi connectivity index (χ2n) is 5.09. The molecule has 0 aliphatic carbocycles. The topological polar surface area (TPSA) is 56.7 Å². The molecule has 2 aromatic heterocycles. The van der Waals surface area contributed by atoms with Crippen LogP contribution in [0.25, 0.3) is 0 Å². The van der Waals surface area contributed by atoms with Crippen LogP contribution < -0.4 is 5.73 Å². The molecule has 0 fully saturated rings. The molecule has 0 amide bonds. The van der Waals surface area contributed by atoms with Crippen molar-refractivity contribution in [1.82, 2.24) is 15.0 Å². The maximum absolute atomic E-state index is 5.79. The lowest BCUT2D eigenvalue weighted by Crippen LogP contribution is -2.09. The van der Waals surface area contributed by atoms with E-state index in [-0.39, 0.29) is 0 Å². The number of rotatable bonds is 5. The maximum atomic E-state index is 5.79. The third-order valence-corrected chi connectivity index (χ3v) is 4.36. The van der Waals surface area contributed by atoms with Gasteiger partial charge in [-0.2, -0.15) is 0 Å². The molecule has 0 unspecified atom stereocenters. The van der Waals surface area contributed by atoms with Crippen LogP contribution in [0.1, 0.15) is 27.4 Å². The summed E-state index contributed by atoms with van der Waals surface area (Å²) in [6.07, 6.45) is 0.836. The molecule has 3 rings (SSSR count). The van der Waals surface area contributed by atoms with Crippen molar-refractivity contribution < 1.29 is 0 Å². The lowest BCUT2D eigenvalue weighted by molar-refractivity contribution is 0.626. The first-order chi connectivity index (χ1) is 10.3. The van der Waals surface area contributed by atoms with E-state index in [4.69, 9.17) is 5.73 Å². The predicted octanol–water partition coefficient (Wildman–Crippen LogP) is 2.75. The van der Waals surface area contributed by atoms with Gasteiger partial charge in [-0.15, -0.1) is 16.4 Å². The van der Waals surface area contributed by atoms with Crippen LogP contribution in [-0.4, -0.2) is 15.0 Å². The zero-order valence-electron chi connectivity index (χ0n) is 12.0. The van der Waals surface area contributed by atoms with E-state index in [0.717, 1.165) is 24.4 Å². The van der Waals surface area contributed by atoms with Crippen LogP contribution in [0.3, 0.4) is 0 Å². The van der Waals surface area contributed by atoms with Crippen molar-refractivity contribution in [3.05, 3.63) is 69.2 Å². The number of aromatic nitrogens is 3. The van der Waals surface area contributed by atoms with Crippen LogP contribution in [0.5, 0.6) is 0 Å². The molecule has 0 spiro atoms. The highest BCUT2D eigenvalue weighted by Gasteiger charge is 2.13. The van der Waals surface area contributed by atoms with E-state index in [9.17, 15) is 0 Å². The van der Waals surface area contributed by atoms with Gasteiger partial charge in [0.05, 0.1) is 17.9 Å². The monoisotopic (exact) mass is 298 g/mol. The van der Waals surface area contributed by atoms with Crippen molar-refractivity contribution in [3.8, 4) is 0 Å². The maximum Gasteiger partial charge on any atom is 0.0998 e. The molecule has 2 N–H and O–H groups in total. The molecule has 0 saturated heterocycles. The quantitative estimate of drug-likeness (QED) is 0.788. The fourth-order valence-corrected chi connectivity index (χ4v) is 3.00. The highest BCUT2D eigenvalue weighted by molar-refractivity contribution is 7.09. The molecule has 2 heterocycles. The molecule has 1 aromatic carbocycles.